The molecule has 1 aliphatic rings. The van der Waals surface area contributed by atoms with Gasteiger partial charge in [-0.15, -0.1) is 0 Å². The van der Waals surface area contributed by atoms with E-state index in [0.29, 0.717) is 33.7 Å². The molecule has 5 nitrogen and oxygen atoms in total. The first-order valence-electron chi connectivity index (χ1n) is 8.17. The van der Waals surface area contributed by atoms with Crippen LogP contribution in [0.5, 0.6) is 0 Å². The molecule has 26 heavy (non-hydrogen) atoms. The number of quaternary nitrogens is 1. The summed E-state index contributed by atoms with van der Waals surface area (Å²) in [4.78, 5) is 30.4. The number of aromatic nitrogens is 1. The first-order chi connectivity index (χ1) is 11.8. The number of carbonyl (C=O) groups is 2. The Hall–Kier alpha value is -1.64. The molecule has 4 rings (SSSR count). The Labute approximate surface area is 173 Å². The van der Waals surface area contributed by atoms with Crippen LogP contribution >= 0.6 is 11.6 Å². The lowest BCUT2D eigenvalue weighted by atomic mass is 10.0. The number of carbonyl (C=O) groups excluding carboxylic acids is 2. The van der Waals surface area contributed by atoms with Gasteiger partial charge in [-0.1, -0.05) is 11.6 Å². The molecule has 0 spiro atoms. The molecular formula is C19H19ClIN3O2. The summed E-state index contributed by atoms with van der Waals surface area (Å²) in [6, 6.07) is 9.13. The second-order valence-electron chi connectivity index (χ2n) is 7.50. The van der Waals surface area contributed by atoms with Gasteiger partial charge in [-0.25, -0.2) is 0 Å². The minimum Gasteiger partial charge on any atom is -1.00 e. The average Bonchev–Trinajstić information content (AvgIpc) is 3.00. The maximum Gasteiger partial charge on any atom is 0.262 e. The van der Waals surface area contributed by atoms with E-state index in [1.54, 1.807) is 12.1 Å². The van der Waals surface area contributed by atoms with Crippen LogP contribution in [-0.4, -0.2) is 60.4 Å². The molecule has 0 fully saturated rings. The molecule has 1 aliphatic heterocycles. The number of nitrogens with zero attached hydrogens (tertiary/aromatic N) is 2. The van der Waals surface area contributed by atoms with Gasteiger partial charge in [0.15, 0.2) is 0 Å². The number of hydrogen-bond acceptors (Lipinski definition) is 2. The zero-order valence-corrected chi connectivity index (χ0v) is 17.7. The van der Waals surface area contributed by atoms with Gasteiger partial charge in [0.05, 0.1) is 45.4 Å². The number of nitrogens with one attached hydrogen (secondary N) is 1. The Morgan fingerprint density at radius 2 is 1.73 bits per heavy atom. The van der Waals surface area contributed by atoms with E-state index >= 15 is 0 Å². The number of fused-ring (bicyclic) bond motifs is 5. The van der Waals surface area contributed by atoms with Crippen LogP contribution in [0.15, 0.2) is 30.3 Å². The fourth-order valence-corrected chi connectivity index (χ4v) is 3.51. The highest BCUT2D eigenvalue weighted by molar-refractivity contribution is 6.33. The van der Waals surface area contributed by atoms with E-state index in [4.69, 9.17) is 11.6 Å². The Balaban J connectivity index is 0.00000196. The molecule has 3 aromatic rings. The highest BCUT2D eigenvalue weighted by Gasteiger charge is 2.38. The van der Waals surface area contributed by atoms with Crippen LogP contribution in [0.1, 0.15) is 20.7 Å². The van der Waals surface area contributed by atoms with Crippen molar-refractivity contribution >= 4 is 45.2 Å². The van der Waals surface area contributed by atoms with Crippen molar-refractivity contribution in [2.24, 2.45) is 0 Å². The Kier molecular flexibility index (Phi) is 4.79. The maximum atomic E-state index is 13.0. The first-order valence-corrected chi connectivity index (χ1v) is 8.55. The van der Waals surface area contributed by atoms with Gasteiger partial charge in [0, 0.05) is 26.8 Å². The van der Waals surface area contributed by atoms with E-state index in [-0.39, 0.29) is 35.8 Å². The average molecular weight is 484 g/mol. The van der Waals surface area contributed by atoms with E-state index in [9.17, 15) is 9.59 Å². The summed E-state index contributed by atoms with van der Waals surface area (Å²) in [5, 5.41) is 2.25. The number of imide groups is 1. The molecule has 0 aliphatic carbocycles. The summed E-state index contributed by atoms with van der Waals surface area (Å²) >= 11 is 6.14. The predicted octanol–water partition coefficient (Wildman–Crippen LogP) is 0.281. The van der Waals surface area contributed by atoms with Crippen molar-refractivity contribution in [2.75, 3.05) is 34.2 Å². The fourth-order valence-electron chi connectivity index (χ4n) is 3.34. The lowest BCUT2D eigenvalue weighted by Gasteiger charge is -2.26. The number of H-pyrrole nitrogens is 1. The van der Waals surface area contributed by atoms with E-state index in [0.717, 1.165) is 21.8 Å². The fraction of sp³-hybridized carbons (Fsp3) is 0.263. The molecule has 0 saturated carbocycles. The van der Waals surface area contributed by atoms with Gasteiger partial charge in [-0.05, 0) is 30.3 Å². The second kappa shape index (κ2) is 6.51. The van der Waals surface area contributed by atoms with Crippen molar-refractivity contribution in [3.8, 4) is 0 Å². The Bertz CT molecular complexity index is 1050. The second-order valence-corrected chi connectivity index (χ2v) is 7.94. The number of likely N-dealkylation sites (N-methyl/N-ethyl adjacent to an activating group) is 1. The van der Waals surface area contributed by atoms with Crippen molar-refractivity contribution < 1.29 is 38.0 Å². The van der Waals surface area contributed by atoms with Crippen molar-refractivity contribution in [1.29, 1.82) is 0 Å². The molecule has 1 N–H and O–H groups in total. The molecule has 1 aromatic heterocycles. The van der Waals surface area contributed by atoms with E-state index < -0.39 is 0 Å². The summed E-state index contributed by atoms with van der Waals surface area (Å²) in [5.74, 6) is -0.438. The number of hydrogen-bond donors (Lipinski definition) is 1. The Morgan fingerprint density at radius 1 is 1.04 bits per heavy atom. The first kappa shape index (κ1) is 19.1. The standard InChI is InChI=1S/C19H18ClN3O2.HI/c1-23(2,3)9-8-22-18(24)12-5-7-15-16(17(12)19(22)25)13-10-11(20)4-6-14(13)21-15;/h4-7,10H,8-9H2,1-3H3;1H. The zero-order chi connectivity index (χ0) is 17.9. The van der Waals surface area contributed by atoms with E-state index in [2.05, 4.69) is 4.98 Å². The largest absolute Gasteiger partial charge is 1.00 e. The molecule has 2 aromatic carbocycles. The number of aromatic amines is 1. The van der Waals surface area contributed by atoms with E-state index in [1.807, 2.05) is 39.3 Å². The maximum absolute atomic E-state index is 13.0. The topological polar surface area (TPSA) is 53.2 Å². The smallest absolute Gasteiger partial charge is 0.262 e. The summed E-state index contributed by atoms with van der Waals surface area (Å²) in [6.07, 6.45) is 0. The minimum absolute atomic E-state index is 0. The molecule has 2 heterocycles. The molecule has 136 valence electrons. The summed E-state index contributed by atoms with van der Waals surface area (Å²) in [6.45, 7) is 1.11. The molecule has 2 amide bonds. The summed E-state index contributed by atoms with van der Waals surface area (Å²) in [5.41, 5.74) is 2.70. The van der Waals surface area contributed by atoms with Gasteiger partial charge in [0.25, 0.3) is 11.8 Å². The molecule has 7 heteroatoms. The third kappa shape index (κ3) is 3.00. The van der Waals surface area contributed by atoms with Crippen molar-refractivity contribution in [3.05, 3.63) is 46.5 Å². The van der Waals surface area contributed by atoms with Crippen LogP contribution in [0.4, 0.5) is 0 Å². The van der Waals surface area contributed by atoms with Crippen molar-refractivity contribution in [3.63, 3.8) is 0 Å². The van der Waals surface area contributed by atoms with Crippen LogP contribution in [-0.2, 0) is 0 Å². The van der Waals surface area contributed by atoms with Crippen LogP contribution in [0, 0.1) is 0 Å². The number of halogens is 2. The molecule has 0 unspecified atom stereocenters. The lowest BCUT2D eigenvalue weighted by Crippen LogP contribution is -3.00. The summed E-state index contributed by atoms with van der Waals surface area (Å²) < 4.78 is 0.686. The molecule has 0 bridgehead atoms. The number of amides is 2. The highest BCUT2D eigenvalue weighted by Crippen LogP contribution is 2.36. The van der Waals surface area contributed by atoms with Gasteiger partial charge >= 0.3 is 0 Å². The normalized spacial score (nSPS) is 14.2. The van der Waals surface area contributed by atoms with Crippen LogP contribution < -0.4 is 24.0 Å². The van der Waals surface area contributed by atoms with Crippen molar-refractivity contribution in [2.45, 2.75) is 0 Å². The van der Waals surface area contributed by atoms with Gasteiger partial charge in [0.1, 0.15) is 0 Å². The number of rotatable bonds is 3. The van der Waals surface area contributed by atoms with Crippen molar-refractivity contribution in [1.82, 2.24) is 9.88 Å². The van der Waals surface area contributed by atoms with Gasteiger partial charge in [0.2, 0.25) is 0 Å². The van der Waals surface area contributed by atoms with Gasteiger partial charge in [-0.3, -0.25) is 14.5 Å². The zero-order valence-electron chi connectivity index (χ0n) is 14.8. The SMILES string of the molecule is C[N+](C)(C)CCN1C(=O)c2ccc3[nH]c4ccc(Cl)cc4c3c2C1=O.[I-]. The van der Waals surface area contributed by atoms with Crippen LogP contribution in [0.2, 0.25) is 5.02 Å². The molecule has 0 radical (unpaired) electrons. The summed E-state index contributed by atoms with van der Waals surface area (Å²) in [7, 11) is 6.12. The van der Waals surface area contributed by atoms with Gasteiger partial charge < -0.3 is 33.4 Å². The van der Waals surface area contributed by atoms with Crippen LogP contribution in [0.25, 0.3) is 21.8 Å². The molecular weight excluding hydrogens is 465 g/mol. The third-order valence-corrected chi connectivity index (χ3v) is 4.89. The lowest BCUT2D eigenvalue weighted by molar-refractivity contribution is -0.869. The van der Waals surface area contributed by atoms with Gasteiger partial charge in [-0.2, -0.15) is 0 Å². The quantitative estimate of drug-likeness (QED) is 0.331. The van der Waals surface area contributed by atoms with Crippen LogP contribution in [0.3, 0.4) is 0 Å². The predicted molar refractivity (Wildman–Crippen MR) is 99.1 cm³/mol. The Morgan fingerprint density at radius 3 is 2.42 bits per heavy atom. The number of benzene rings is 2. The minimum atomic E-state index is -0.222. The third-order valence-electron chi connectivity index (χ3n) is 4.65. The van der Waals surface area contributed by atoms with E-state index in [1.165, 1.54) is 4.90 Å². The monoisotopic (exact) mass is 483 g/mol. The highest BCUT2D eigenvalue weighted by atomic mass is 127. The molecule has 0 atom stereocenters. The molecule has 0 saturated heterocycles.